The molecular weight excluding hydrogens is 953 g/mol. The lowest BCUT2D eigenvalue weighted by atomic mass is 9.55. The molecule has 0 radical (unpaired) electrons. The molecule has 4 aliphatic rings. The largest absolute Gasteiger partial charge is 0.459 e. The summed E-state index contributed by atoms with van der Waals surface area (Å²) in [6, 6.07) is 39.4. The number of nitro groups is 1. The van der Waals surface area contributed by atoms with E-state index in [9.17, 15) is 25.6 Å². The van der Waals surface area contributed by atoms with Crippen molar-refractivity contribution in [3.63, 3.8) is 0 Å². The Kier molecular flexibility index (Phi) is 15.2. The van der Waals surface area contributed by atoms with Gasteiger partial charge in [0.05, 0.1) is 34.8 Å². The number of unbranched alkanes of at least 4 members (excludes halogenated alkanes) is 2. The standard InChI is InChI=1S/C60H58N4O11/c1-2-29-72-60-56(63(59(67)43-18-13-39(35-61)14-19-43)36-41-17-25-54-55(30-41)71-38-70-54)34-52(62-73-37-40-15-21-46(22-16-40)64(68)69)50-32-45(11-5-7-27-65)49(12-6-8-28-66)57(58(50)60)51-33-48(24-26-53(51)75-60)74-47-23-20-42-9-3-4-10-44(42)31-47/h2-4,9-10,13-26,30-33,45,49,56-58,65-66H,1,5-8,11-12,27-29,34,36-38H2. The van der Waals surface area contributed by atoms with E-state index in [1.807, 2.05) is 66.7 Å². The maximum absolute atomic E-state index is 15.6. The second-order valence-corrected chi connectivity index (χ2v) is 19.4. The Bertz CT molecular complexity index is 3170. The summed E-state index contributed by atoms with van der Waals surface area (Å²) in [5.41, 5.74) is 4.37. The third kappa shape index (κ3) is 10.5. The second kappa shape index (κ2) is 22.6. The van der Waals surface area contributed by atoms with Gasteiger partial charge in [0.15, 0.2) is 11.5 Å². The molecular formula is C60H58N4O11. The zero-order chi connectivity index (χ0) is 51.9. The van der Waals surface area contributed by atoms with Crippen LogP contribution >= 0.6 is 0 Å². The summed E-state index contributed by atoms with van der Waals surface area (Å²) in [6.45, 7) is 4.33. The van der Waals surface area contributed by atoms with Crippen LogP contribution < -0.4 is 18.9 Å². The van der Waals surface area contributed by atoms with Crippen molar-refractivity contribution in [1.29, 1.82) is 5.26 Å². The fourth-order valence-corrected chi connectivity index (χ4v) is 11.4. The smallest absolute Gasteiger partial charge is 0.269 e. The molecule has 6 unspecified atom stereocenters. The Labute approximate surface area is 435 Å². The Balaban J connectivity index is 1.17. The molecule has 15 nitrogen and oxygen atoms in total. The van der Waals surface area contributed by atoms with Crippen molar-refractivity contribution in [3.8, 4) is 34.8 Å². The third-order valence-corrected chi connectivity index (χ3v) is 14.8. The summed E-state index contributed by atoms with van der Waals surface area (Å²) in [5.74, 6) is -0.0940. The zero-order valence-corrected chi connectivity index (χ0v) is 41.4. The average Bonchev–Trinajstić information content (AvgIpc) is 3.93. The van der Waals surface area contributed by atoms with E-state index >= 15 is 4.79 Å². The topological polar surface area (TPSA) is 195 Å². The van der Waals surface area contributed by atoms with Crippen molar-refractivity contribution >= 4 is 28.1 Å². The van der Waals surface area contributed by atoms with E-state index in [0.717, 1.165) is 53.2 Å². The lowest BCUT2D eigenvalue weighted by Gasteiger charge is -2.60. The van der Waals surface area contributed by atoms with Gasteiger partial charge in [-0.15, -0.1) is 6.58 Å². The fraction of sp³-hybridized carbons (Fsp3) is 0.317. The molecule has 384 valence electrons. The summed E-state index contributed by atoms with van der Waals surface area (Å²) in [5, 5.41) is 48.6. The number of ether oxygens (including phenoxy) is 5. The van der Waals surface area contributed by atoms with Crippen LogP contribution in [-0.2, 0) is 22.7 Å². The first-order valence-corrected chi connectivity index (χ1v) is 25.5. The number of non-ortho nitro benzene ring substituents is 1. The molecule has 0 aromatic heterocycles. The third-order valence-electron chi connectivity index (χ3n) is 14.8. The molecule has 6 atom stereocenters. The van der Waals surface area contributed by atoms with Crippen LogP contribution in [0.1, 0.15) is 83.5 Å². The molecule has 0 saturated heterocycles. The minimum absolute atomic E-state index is 0.00472. The van der Waals surface area contributed by atoms with Crippen LogP contribution in [0.4, 0.5) is 5.69 Å². The summed E-state index contributed by atoms with van der Waals surface area (Å²) in [4.78, 5) is 34.7. The van der Waals surface area contributed by atoms with Crippen LogP contribution in [0.25, 0.3) is 10.8 Å². The van der Waals surface area contributed by atoms with Gasteiger partial charge in [0.2, 0.25) is 12.6 Å². The number of aliphatic hydroxyl groups is 2. The molecule has 0 spiro atoms. The van der Waals surface area contributed by atoms with Crippen molar-refractivity contribution in [3.05, 3.63) is 190 Å². The number of fused-ring (bicyclic) bond motifs is 4. The molecule has 6 aromatic rings. The molecule has 10 rings (SSSR count). The monoisotopic (exact) mass is 1010 g/mol. The van der Waals surface area contributed by atoms with Gasteiger partial charge in [-0.25, -0.2) is 0 Å². The summed E-state index contributed by atoms with van der Waals surface area (Å²) < 4.78 is 33.0. The highest BCUT2D eigenvalue weighted by molar-refractivity contribution is 6.03. The Morgan fingerprint density at radius 3 is 2.33 bits per heavy atom. The van der Waals surface area contributed by atoms with Crippen LogP contribution in [0.5, 0.6) is 28.7 Å². The molecule has 1 amide bonds. The van der Waals surface area contributed by atoms with Crippen molar-refractivity contribution in [2.75, 3.05) is 26.6 Å². The van der Waals surface area contributed by atoms with E-state index in [2.05, 4.69) is 30.9 Å². The Morgan fingerprint density at radius 2 is 1.57 bits per heavy atom. The summed E-state index contributed by atoms with van der Waals surface area (Å²) >= 11 is 0. The number of nitrogens with zero attached hydrogens (tertiary/aromatic N) is 4. The summed E-state index contributed by atoms with van der Waals surface area (Å²) in [7, 11) is 0. The number of nitro benzene ring substituents is 1. The number of oxime groups is 1. The van der Waals surface area contributed by atoms with Gasteiger partial charge in [-0.1, -0.05) is 66.5 Å². The minimum atomic E-state index is -1.60. The number of nitriles is 1. The molecule has 75 heavy (non-hydrogen) atoms. The number of carbonyl (C=O) groups is 1. The number of hydrogen-bond acceptors (Lipinski definition) is 13. The van der Waals surface area contributed by atoms with E-state index in [1.165, 1.54) is 12.1 Å². The minimum Gasteiger partial charge on any atom is -0.459 e. The van der Waals surface area contributed by atoms with Crippen LogP contribution in [0.3, 0.4) is 0 Å². The van der Waals surface area contributed by atoms with Gasteiger partial charge in [0.25, 0.3) is 11.6 Å². The van der Waals surface area contributed by atoms with E-state index in [-0.39, 0.29) is 75.5 Å². The maximum Gasteiger partial charge on any atom is 0.269 e. The fourth-order valence-electron chi connectivity index (χ4n) is 11.4. The molecule has 2 N–H and O–H groups in total. The predicted molar refractivity (Wildman–Crippen MR) is 280 cm³/mol. The van der Waals surface area contributed by atoms with Gasteiger partial charge in [-0.2, -0.15) is 5.26 Å². The number of benzene rings is 6. The number of carbonyl (C=O) groups excluding carboxylic acids is 1. The highest BCUT2D eigenvalue weighted by Gasteiger charge is 2.65. The highest BCUT2D eigenvalue weighted by Crippen LogP contribution is 2.62. The first kappa shape index (κ1) is 50.5. The average molecular weight is 1010 g/mol. The van der Waals surface area contributed by atoms with Crippen LogP contribution in [0.2, 0.25) is 0 Å². The summed E-state index contributed by atoms with van der Waals surface area (Å²) in [6.07, 6.45) is 8.18. The van der Waals surface area contributed by atoms with E-state index in [4.69, 9.17) is 33.7 Å². The molecule has 2 aliphatic heterocycles. The van der Waals surface area contributed by atoms with Crippen molar-refractivity contribution in [2.45, 2.75) is 75.8 Å². The Morgan fingerprint density at radius 1 is 0.853 bits per heavy atom. The van der Waals surface area contributed by atoms with Crippen LogP contribution in [0, 0.1) is 39.2 Å². The van der Waals surface area contributed by atoms with Gasteiger partial charge < -0.3 is 43.6 Å². The predicted octanol–water partition coefficient (Wildman–Crippen LogP) is 11.3. The number of rotatable bonds is 21. The van der Waals surface area contributed by atoms with E-state index in [1.54, 1.807) is 47.4 Å². The maximum atomic E-state index is 15.6. The van der Waals surface area contributed by atoms with E-state index < -0.39 is 22.7 Å². The Hall–Kier alpha value is -8.03. The zero-order valence-electron chi connectivity index (χ0n) is 41.4. The van der Waals surface area contributed by atoms with Gasteiger partial charge in [-0.05, 0) is 144 Å². The lowest BCUT2D eigenvalue weighted by Crippen LogP contribution is -2.70. The van der Waals surface area contributed by atoms with E-state index in [0.29, 0.717) is 64.0 Å². The SMILES string of the molecule is C=CCOC12Oc3ccc(Oc4ccc5ccccc5c4)cc3C3C(CCCCO)C(CCCCO)C=C(C(=NOCc4ccc([N+](=O)[O-])cc4)CC1N(Cc1ccc4c(c1)OCO4)C(=O)c1ccc(C#N)cc1)C32. The van der Waals surface area contributed by atoms with Crippen molar-refractivity contribution in [1.82, 2.24) is 4.90 Å². The van der Waals surface area contributed by atoms with Crippen LogP contribution in [-0.4, -0.2) is 70.1 Å². The molecule has 1 fully saturated rings. The molecule has 6 aromatic carbocycles. The van der Waals surface area contributed by atoms with Crippen LogP contribution in [0.15, 0.2) is 157 Å². The molecule has 1 saturated carbocycles. The van der Waals surface area contributed by atoms with Gasteiger partial charge in [0.1, 0.15) is 29.9 Å². The lowest BCUT2D eigenvalue weighted by molar-refractivity contribution is -0.384. The quantitative estimate of drug-likeness (QED) is 0.0300. The normalized spacial score (nSPS) is 21.5. The molecule has 2 aliphatic carbocycles. The highest BCUT2D eigenvalue weighted by atomic mass is 16.7. The van der Waals surface area contributed by atoms with Gasteiger partial charge in [0, 0.05) is 55.4 Å². The molecule has 2 heterocycles. The van der Waals surface area contributed by atoms with Gasteiger partial charge in [-0.3, -0.25) is 14.9 Å². The number of allylic oxidation sites excluding steroid dienone is 1. The number of hydrogen-bond donors (Lipinski definition) is 2. The van der Waals surface area contributed by atoms with Crippen molar-refractivity contribution < 1.29 is 48.5 Å². The molecule has 0 bridgehead atoms. The first-order chi connectivity index (χ1) is 36.7. The second-order valence-electron chi connectivity index (χ2n) is 19.4. The molecule has 15 heteroatoms. The van der Waals surface area contributed by atoms with Crippen molar-refractivity contribution in [2.24, 2.45) is 22.9 Å². The van der Waals surface area contributed by atoms with Gasteiger partial charge >= 0.3 is 0 Å². The number of aliphatic hydroxyl groups excluding tert-OH is 2. The number of amides is 1. The first-order valence-electron chi connectivity index (χ1n) is 25.5.